The van der Waals surface area contributed by atoms with E-state index < -0.39 is 0 Å². The Kier molecular flexibility index (Phi) is 3.03. The number of nitrogens with two attached hydrogens (primary N) is 1. The number of fused-ring (bicyclic) bond motifs is 3. The van der Waals surface area contributed by atoms with Crippen molar-refractivity contribution in [1.82, 2.24) is 9.78 Å². The lowest BCUT2D eigenvalue weighted by Crippen LogP contribution is -2.23. The second-order valence-corrected chi connectivity index (χ2v) is 5.20. The molecule has 0 aliphatic heterocycles. The second-order valence-electron chi connectivity index (χ2n) is 5.20. The normalized spacial score (nSPS) is 14.7. The van der Waals surface area contributed by atoms with E-state index in [0.29, 0.717) is 0 Å². The van der Waals surface area contributed by atoms with Crippen LogP contribution in [-0.4, -0.2) is 22.9 Å². The fraction of sp³-hybridized carbons (Fsp3) is 0.400. The molecule has 2 N–H and O–H groups in total. The van der Waals surface area contributed by atoms with Crippen LogP contribution in [0.3, 0.4) is 0 Å². The summed E-state index contributed by atoms with van der Waals surface area (Å²) in [4.78, 5) is 0. The Balaban J connectivity index is 2.12. The van der Waals surface area contributed by atoms with Gasteiger partial charge in [-0.25, -0.2) is 0 Å². The predicted octanol–water partition coefficient (Wildman–Crippen LogP) is 2.00. The number of ether oxygens (including phenoxy) is 1. The predicted molar refractivity (Wildman–Crippen MR) is 75.3 cm³/mol. The van der Waals surface area contributed by atoms with Crippen LogP contribution < -0.4 is 10.5 Å². The maximum Gasteiger partial charge on any atom is 0.119 e. The number of hydrogen-bond donors (Lipinski definition) is 1. The standard InChI is InChI=1S/C15H19N3O/c1-10(16)9-18-15-12(8-17-18)4-3-11-5-6-13(19-2)7-14(11)15/h5-8,10H,3-4,9,16H2,1-2H3/t10-/m1/s1. The first-order chi connectivity index (χ1) is 9.19. The third-order valence-electron chi connectivity index (χ3n) is 3.61. The van der Waals surface area contributed by atoms with E-state index in [4.69, 9.17) is 10.5 Å². The third-order valence-corrected chi connectivity index (χ3v) is 3.61. The molecule has 1 heterocycles. The van der Waals surface area contributed by atoms with E-state index in [1.807, 2.05) is 23.9 Å². The van der Waals surface area contributed by atoms with Crippen molar-refractivity contribution in [2.45, 2.75) is 32.4 Å². The van der Waals surface area contributed by atoms with E-state index in [9.17, 15) is 0 Å². The first-order valence-corrected chi connectivity index (χ1v) is 6.66. The van der Waals surface area contributed by atoms with Crippen molar-refractivity contribution in [1.29, 1.82) is 0 Å². The van der Waals surface area contributed by atoms with Crippen molar-refractivity contribution < 1.29 is 4.74 Å². The minimum atomic E-state index is 0.0972. The summed E-state index contributed by atoms with van der Waals surface area (Å²) < 4.78 is 7.36. The van der Waals surface area contributed by atoms with Gasteiger partial charge in [0.15, 0.2) is 0 Å². The summed E-state index contributed by atoms with van der Waals surface area (Å²) in [6, 6.07) is 6.38. The van der Waals surface area contributed by atoms with E-state index in [1.165, 1.54) is 22.4 Å². The lowest BCUT2D eigenvalue weighted by atomic mass is 9.90. The van der Waals surface area contributed by atoms with Crippen LogP contribution in [-0.2, 0) is 19.4 Å². The molecule has 19 heavy (non-hydrogen) atoms. The van der Waals surface area contributed by atoms with Gasteiger partial charge in [0.2, 0.25) is 0 Å². The van der Waals surface area contributed by atoms with Crippen LogP contribution in [0.2, 0.25) is 0 Å². The van der Waals surface area contributed by atoms with Gasteiger partial charge in [0, 0.05) is 11.6 Å². The molecule has 1 aliphatic rings. The topological polar surface area (TPSA) is 53.1 Å². The number of aromatic nitrogens is 2. The Morgan fingerprint density at radius 1 is 1.37 bits per heavy atom. The highest BCUT2D eigenvalue weighted by atomic mass is 16.5. The van der Waals surface area contributed by atoms with Gasteiger partial charge in [0.25, 0.3) is 0 Å². The van der Waals surface area contributed by atoms with E-state index in [2.05, 4.69) is 17.2 Å². The molecular weight excluding hydrogens is 238 g/mol. The first kappa shape index (κ1) is 12.2. The summed E-state index contributed by atoms with van der Waals surface area (Å²) in [6.07, 6.45) is 4.09. The van der Waals surface area contributed by atoms with Crippen LogP contribution in [0.5, 0.6) is 5.75 Å². The van der Waals surface area contributed by atoms with Gasteiger partial charge in [0.1, 0.15) is 5.75 Å². The average Bonchev–Trinajstić information content (AvgIpc) is 2.81. The van der Waals surface area contributed by atoms with Gasteiger partial charge < -0.3 is 10.5 Å². The Labute approximate surface area is 113 Å². The largest absolute Gasteiger partial charge is 0.497 e. The molecule has 1 aliphatic carbocycles. The second kappa shape index (κ2) is 4.70. The zero-order valence-corrected chi connectivity index (χ0v) is 11.4. The van der Waals surface area contributed by atoms with E-state index in [0.717, 1.165) is 25.1 Å². The molecule has 4 heteroatoms. The maximum atomic E-state index is 5.91. The van der Waals surface area contributed by atoms with Crippen molar-refractivity contribution in [3.63, 3.8) is 0 Å². The average molecular weight is 257 g/mol. The Morgan fingerprint density at radius 2 is 2.16 bits per heavy atom. The third kappa shape index (κ3) is 2.12. The maximum absolute atomic E-state index is 5.91. The van der Waals surface area contributed by atoms with Crippen molar-refractivity contribution in [2.75, 3.05) is 7.11 Å². The highest BCUT2D eigenvalue weighted by molar-refractivity contribution is 5.71. The molecule has 0 bridgehead atoms. The van der Waals surface area contributed by atoms with Crippen LogP contribution in [0.4, 0.5) is 0 Å². The molecule has 3 rings (SSSR count). The van der Waals surface area contributed by atoms with Gasteiger partial charge in [0.05, 0.1) is 25.5 Å². The van der Waals surface area contributed by atoms with Gasteiger partial charge in [-0.2, -0.15) is 5.10 Å². The quantitative estimate of drug-likeness (QED) is 0.915. The van der Waals surface area contributed by atoms with Gasteiger partial charge in [-0.1, -0.05) is 6.07 Å². The van der Waals surface area contributed by atoms with Crippen LogP contribution in [0.15, 0.2) is 24.4 Å². The number of hydrogen-bond acceptors (Lipinski definition) is 3. The smallest absolute Gasteiger partial charge is 0.119 e. The molecule has 0 fully saturated rings. The number of aryl methyl sites for hydroxylation is 2. The van der Waals surface area contributed by atoms with Crippen LogP contribution in [0.1, 0.15) is 18.1 Å². The molecule has 0 saturated carbocycles. The van der Waals surface area contributed by atoms with Gasteiger partial charge >= 0.3 is 0 Å². The van der Waals surface area contributed by atoms with E-state index in [1.54, 1.807) is 7.11 Å². The minimum Gasteiger partial charge on any atom is -0.497 e. The van der Waals surface area contributed by atoms with Crippen molar-refractivity contribution in [2.24, 2.45) is 5.73 Å². The van der Waals surface area contributed by atoms with Crippen LogP contribution in [0.25, 0.3) is 11.3 Å². The highest BCUT2D eigenvalue weighted by Crippen LogP contribution is 2.35. The van der Waals surface area contributed by atoms with E-state index in [-0.39, 0.29) is 6.04 Å². The molecule has 1 atom stereocenters. The Morgan fingerprint density at radius 3 is 2.89 bits per heavy atom. The zero-order valence-electron chi connectivity index (χ0n) is 11.4. The molecule has 0 unspecified atom stereocenters. The highest BCUT2D eigenvalue weighted by Gasteiger charge is 2.21. The summed E-state index contributed by atoms with van der Waals surface area (Å²) in [5, 5.41) is 4.49. The number of methoxy groups -OCH3 is 1. The molecule has 1 aromatic carbocycles. The molecule has 100 valence electrons. The summed E-state index contributed by atoms with van der Waals surface area (Å²) in [6.45, 7) is 2.75. The van der Waals surface area contributed by atoms with Crippen molar-refractivity contribution in [3.8, 4) is 17.0 Å². The number of benzene rings is 1. The lowest BCUT2D eigenvalue weighted by molar-refractivity contribution is 0.414. The molecule has 2 aromatic rings. The summed E-state index contributed by atoms with van der Waals surface area (Å²) in [7, 11) is 1.70. The summed E-state index contributed by atoms with van der Waals surface area (Å²) >= 11 is 0. The minimum absolute atomic E-state index is 0.0972. The Bertz CT molecular complexity index is 601. The van der Waals surface area contributed by atoms with Crippen molar-refractivity contribution in [3.05, 3.63) is 35.5 Å². The van der Waals surface area contributed by atoms with Gasteiger partial charge in [-0.05, 0) is 43.0 Å². The molecule has 1 aromatic heterocycles. The fourth-order valence-corrected chi connectivity index (χ4v) is 2.72. The number of nitrogens with zero attached hydrogens (tertiary/aromatic N) is 2. The molecule has 0 saturated heterocycles. The Hall–Kier alpha value is -1.81. The fourth-order valence-electron chi connectivity index (χ4n) is 2.72. The van der Waals surface area contributed by atoms with Gasteiger partial charge in [-0.15, -0.1) is 0 Å². The summed E-state index contributed by atoms with van der Waals surface area (Å²) in [5.41, 5.74) is 11.0. The van der Waals surface area contributed by atoms with Crippen molar-refractivity contribution >= 4 is 0 Å². The first-order valence-electron chi connectivity index (χ1n) is 6.66. The molecule has 4 nitrogen and oxygen atoms in total. The molecule has 0 amide bonds. The van der Waals surface area contributed by atoms with Crippen LogP contribution >= 0.6 is 0 Å². The SMILES string of the molecule is COc1ccc2c(c1)-c1c(cnn1C[C@@H](C)N)CC2. The van der Waals surface area contributed by atoms with Crippen LogP contribution in [0, 0.1) is 0 Å². The summed E-state index contributed by atoms with van der Waals surface area (Å²) in [5.74, 6) is 0.889. The molecule has 0 radical (unpaired) electrons. The number of rotatable bonds is 3. The van der Waals surface area contributed by atoms with Gasteiger partial charge in [-0.3, -0.25) is 4.68 Å². The molecule has 0 spiro atoms. The lowest BCUT2D eigenvalue weighted by Gasteiger charge is -2.20. The monoisotopic (exact) mass is 257 g/mol. The van der Waals surface area contributed by atoms with E-state index >= 15 is 0 Å². The molecular formula is C15H19N3O. The zero-order chi connectivity index (χ0) is 13.4.